The number of phenolic OH excluding ortho intramolecular Hbond substituents is 1. The minimum atomic E-state index is -0.599. The van der Waals surface area contributed by atoms with Crippen molar-refractivity contribution in [3.8, 4) is 5.75 Å². The molecule has 2 heterocycles. The average Bonchev–Trinajstić information content (AvgIpc) is 3.37. The number of H-pyrrole nitrogens is 1. The topological polar surface area (TPSA) is 128 Å². The monoisotopic (exact) mass is 484 g/mol. The lowest BCUT2D eigenvalue weighted by Crippen LogP contribution is -2.53. The summed E-state index contributed by atoms with van der Waals surface area (Å²) in [6.45, 7) is 5.52. The number of hydrogen-bond donors (Lipinski definition) is 3. The smallest absolute Gasteiger partial charge is 0.330 e. The summed E-state index contributed by atoms with van der Waals surface area (Å²) in [6.07, 6.45) is 5.24. The second-order valence-corrected chi connectivity index (χ2v) is 9.48. The number of aromatic nitrogens is 2. The zero-order valence-electron chi connectivity index (χ0n) is 20.4. The fraction of sp³-hybridized carbons (Fsp3) is 0.560. The fourth-order valence-electron chi connectivity index (χ4n) is 5.12. The summed E-state index contributed by atoms with van der Waals surface area (Å²) in [5.41, 5.74) is 6.39. The predicted molar refractivity (Wildman–Crippen MR) is 137 cm³/mol. The third kappa shape index (κ3) is 5.53. The molecule has 1 amide bonds. The van der Waals surface area contributed by atoms with Crippen LogP contribution in [-0.4, -0.2) is 64.2 Å². The highest BCUT2D eigenvalue weighted by molar-refractivity contribution is 5.97. The molecule has 2 fully saturated rings. The molecular weight excluding hydrogens is 448 g/mol. The van der Waals surface area contributed by atoms with Crippen LogP contribution in [0.4, 0.5) is 17.2 Å². The van der Waals surface area contributed by atoms with Crippen LogP contribution in [0.3, 0.4) is 0 Å². The van der Waals surface area contributed by atoms with Gasteiger partial charge in [-0.05, 0) is 43.5 Å². The lowest BCUT2D eigenvalue weighted by Gasteiger charge is -2.37. The van der Waals surface area contributed by atoms with Crippen molar-refractivity contribution in [1.82, 2.24) is 14.5 Å². The maximum atomic E-state index is 13.6. The number of nitrogens with one attached hydrogen (secondary N) is 1. The Morgan fingerprint density at radius 1 is 1.11 bits per heavy atom. The van der Waals surface area contributed by atoms with Crippen LogP contribution in [0.1, 0.15) is 45.4 Å². The molecule has 2 aromatic rings. The number of nitrogens with zero attached hydrogens (tertiary/aromatic N) is 4. The minimum absolute atomic E-state index is 0.0737. The van der Waals surface area contributed by atoms with E-state index < -0.39 is 11.2 Å². The second kappa shape index (κ2) is 11.0. The summed E-state index contributed by atoms with van der Waals surface area (Å²) in [4.78, 5) is 47.3. The highest BCUT2D eigenvalue weighted by atomic mass is 16.3. The molecule has 0 unspecified atom stereocenters. The van der Waals surface area contributed by atoms with E-state index in [1.54, 1.807) is 17.0 Å². The van der Waals surface area contributed by atoms with Gasteiger partial charge in [0.2, 0.25) is 5.91 Å². The molecule has 1 saturated heterocycles. The SMILES string of the molecule is CCCCn1c(N)c(N(C(=O)CN2CCN(c3ccc(O)cc3)CC2)C2CCCC2)c(=O)[nH]c1=O. The Morgan fingerprint density at radius 2 is 1.77 bits per heavy atom. The third-order valence-electron chi connectivity index (χ3n) is 7.09. The van der Waals surface area contributed by atoms with Gasteiger partial charge in [0, 0.05) is 44.5 Å². The van der Waals surface area contributed by atoms with E-state index >= 15 is 0 Å². The normalized spacial score (nSPS) is 17.1. The van der Waals surface area contributed by atoms with Crippen LogP contribution >= 0.6 is 0 Å². The number of carbonyl (C=O) groups excluding carboxylic acids is 1. The van der Waals surface area contributed by atoms with Gasteiger partial charge in [-0.3, -0.25) is 24.0 Å². The Labute approximate surface area is 204 Å². The van der Waals surface area contributed by atoms with Crippen LogP contribution in [-0.2, 0) is 11.3 Å². The molecule has 4 N–H and O–H groups in total. The van der Waals surface area contributed by atoms with Crippen LogP contribution < -0.4 is 26.8 Å². The maximum Gasteiger partial charge on any atom is 0.330 e. The van der Waals surface area contributed by atoms with E-state index in [1.807, 2.05) is 19.1 Å². The standard InChI is InChI=1S/C25H36N6O4/c1-2-3-12-30-23(26)22(24(34)27-25(30)35)31(19-6-4-5-7-19)21(33)17-28-13-15-29(16-14-28)18-8-10-20(32)11-9-18/h8-11,19,32H,2-7,12-17,26H2,1H3,(H,27,34,35). The molecule has 0 radical (unpaired) electrons. The number of aromatic amines is 1. The molecule has 0 atom stereocenters. The Bertz CT molecular complexity index is 1130. The van der Waals surface area contributed by atoms with Crippen molar-refractivity contribution in [2.24, 2.45) is 0 Å². The molecule has 1 aromatic heterocycles. The van der Waals surface area contributed by atoms with Crippen molar-refractivity contribution in [2.45, 2.75) is 58.0 Å². The number of aromatic hydroxyl groups is 1. The highest BCUT2D eigenvalue weighted by Crippen LogP contribution is 2.30. The zero-order chi connectivity index (χ0) is 24.9. The Morgan fingerprint density at radius 3 is 2.40 bits per heavy atom. The zero-order valence-corrected chi connectivity index (χ0v) is 20.4. The van der Waals surface area contributed by atoms with Gasteiger partial charge in [-0.2, -0.15) is 0 Å². The molecule has 35 heavy (non-hydrogen) atoms. The summed E-state index contributed by atoms with van der Waals surface area (Å²) in [5, 5.41) is 9.52. The molecule has 10 heteroatoms. The lowest BCUT2D eigenvalue weighted by molar-refractivity contribution is -0.120. The van der Waals surface area contributed by atoms with Gasteiger partial charge >= 0.3 is 5.69 Å². The molecule has 190 valence electrons. The van der Waals surface area contributed by atoms with Crippen LogP contribution in [0.2, 0.25) is 0 Å². The van der Waals surface area contributed by atoms with Crippen molar-refractivity contribution >= 4 is 23.1 Å². The Balaban J connectivity index is 1.52. The molecule has 0 bridgehead atoms. The van der Waals surface area contributed by atoms with Crippen LogP contribution in [0.25, 0.3) is 0 Å². The Kier molecular flexibility index (Phi) is 7.80. The van der Waals surface area contributed by atoms with Gasteiger partial charge in [-0.1, -0.05) is 26.2 Å². The van der Waals surface area contributed by atoms with Gasteiger partial charge in [0.15, 0.2) is 5.69 Å². The molecular formula is C25H36N6O4. The molecule has 1 saturated carbocycles. The van der Waals surface area contributed by atoms with Crippen molar-refractivity contribution in [3.05, 3.63) is 45.1 Å². The Hall–Kier alpha value is -3.27. The largest absolute Gasteiger partial charge is 0.508 e. The number of nitrogens with two attached hydrogens (primary N) is 1. The van der Waals surface area contributed by atoms with E-state index in [4.69, 9.17) is 5.73 Å². The minimum Gasteiger partial charge on any atom is -0.508 e. The van der Waals surface area contributed by atoms with Gasteiger partial charge in [-0.25, -0.2) is 4.79 Å². The van der Waals surface area contributed by atoms with E-state index in [-0.39, 0.29) is 35.7 Å². The fourth-order valence-corrected chi connectivity index (χ4v) is 5.12. The molecule has 1 aliphatic carbocycles. The predicted octanol–water partition coefficient (Wildman–Crippen LogP) is 1.72. The number of unbranched alkanes of at least 4 members (excludes halogenated alkanes) is 1. The van der Waals surface area contributed by atoms with Crippen molar-refractivity contribution < 1.29 is 9.90 Å². The van der Waals surface area contributed by atoms with E-state index in [2.05, 4.69) is 14.8 Å². The molecule has 10 nitrogen and oxygen atoms in total. The van der Waals surface area contributed by atoms with Crippen LogP contribution in [0.15, 0.2) is 33.9 Å². The van der Waals surface area contributed by atoms with E-state index in [9.17, 15) is 19.5 Å². The quantitative estimate of drug-likeness (QED) is 0.520. The number of nitrogen functional groups attached to an aromatic ring is 1. The van der Waals surface area contributed by atoms with Crippen LogP contribution in [0.5, 0.6) is 5.75 Å². The number of hydrogen-bond acceptors (Lipinski definition) is 7. The number of benzene rings is 1. The van der Waals surface area contributed by atoms with Crippen LogP contribution in [0, 0.1) is 0 Å². The summed E-state index contributed by atoms with van der Waals surface area (Å²) < 4.78 is 1.38. The average molecular weight is 485 g/mol. The molecule has 1 aliphatic heterocycles. The molecule has 4 rings (SSSR count). The number of amides is 1. The van der Waals surface area contributed by atoms with Crippen molar-refractivity contribution in [2.75, 3.05) is 48.3 Å². The first-order valence-corrected chi connectivity index (χ1v) is 12.6. The first kappa shape index (κ1) is 24.8. The molecule has 1 aromatic carbocycles. The van der Waals surface area contributed by atoms with Crippen molar-refractivity contribution in [3.63, 3.8) is 0 Å². The highest BCUT2D eigenvalue weighted by Gasteiger charge is 2.33. The molecule has 0 spiro atoms. The number of anilines is 3. The number of rotatable bonds is 8. The second-order valence-electron chi connectivity index (χ2n) is 9.48. The van der Waals surface area contributed by atoms with E-state index in [0.29, 0.717) is 19.6 Å². The first-order chi connectivity index (χ1) is 16.9. The van der Waals surface area contributed by atoms with Gasteiger partial charge in [0.1, 0.15) is 11.6 Å². The van der Waals surface area contributed by atoms with E-state index in [1.165, 1.54) is 4.57 Å². The number of phenols is 1. The van der Waals surface area contributed by atoms with Gasteiger partial charge < -0.3 is 20.6 Å². The lowest BCUT2D eigenvalue weighted by atomic mass is 10.1. The van der Waals surface area contributed by atoms with Gasteiger partial charge in [-0.15, -0.1) is 0 Å². The summed E-state index contributed by atoms with van der Waals surface area (Å²) >= 11 is 0. The third-order valence-corrected chi connectivity index (χ3v) is 7.09. The summed E-state index contributed by atoms with van der Waals surface area (Å²) in [5.74, 6) is 0.151. The number of piperazine rings is 1. The molecule has 2 aliphatic rings. The number of carbonyl (C=O) groups is 1. The summed E-state index contributed by atoms with van der Waals surface area (Å²) in [6, 6.07) is 7.03. The van der Waals surface area contributed by atoms with E-state index in [0.717, 1.165) is 57.3 Å². The van der Waals surface area contributed by atoms with Gasteiger partial charge in [0.05, 0.1) is 6.54 Å². The summed E-state index contributed by atoms with van der Waals surface area (Å²) in [7, 11) is 0. The van der Waals surface area contributed by atoms with Crippen molar-refractivity contribution in [1.29, 1.82) is 0 Å². The first-order valence-electron chi connectivity index (χ1n) is 12.6. The maximum absolute atomic E-state index is 13.6. The van der Waals surface area contributed by atoms with Gasteiger partial charge in [0.25, 0.3) is 5.56 Å².